The first-order valence-electron chi connectivity index (χ1n) is 4.15. The van der Waals surface area contributed by atoms with Crippen LogP contribution in [0.25, 0.3) is 0 Å². The minimum absolute atomic E-state index is 0.135. The first kappa shape index (κ1) is 12.9. The molecule has 0 radical (unpaired) electrons. The van der Waals surface area contributed by atoms with Crippen LogP contribution in [0, 0.1) is 10.1 Å². The van der Waals surface area contributed by atoms with Crippen molar-refractivity contribution in [1.29, 1.82) is 0 Å². The van der Waals surface area contributed by atoms with E-state index in [2.05, 4.69) is 0 Å². The Hall–Kier alpha value is -1.21. The molecule has 0 fully saturated rings. The van der Waals surface area contributed by atoms with Crippen LogP contribution in [0.3, 0.4) is 0 Å². The lowest BCUT2D eigenvalue weighted by Gasteiger charge is -2.01. The molecule has 0 amide bonds. The molecule has 8 heteroatoms. The summed E-state index contributed by atoms with van der Waals surface area (Å²) in [6.45, 7) is 0. The van der Waals surface area contributed by atoms with Gasteiger partial charge in [0, 0.05) is 16.7 Å². The molecule has 88 valence electrons. The van der Waals surface area contributed by atoms with Crippen LogP contribution in [0.15, 0.2) is 18.2 Å². The molecule has 5 nitrogen and oxygen atoms in total. The van der Waals surface area contributed by atoms with Gasteiger partial charge < -0.3 is 0 Å². The van der Waals surface area contributed by atoms with E-state index < -0.39 is 20.9 Å². The van der Waals surface area contributed by atoms with Crippen LogP contribution in [0.2, 0.25) is 5.02 Å². The van der Waals surface area contributed by atoms with E-state index in [4.69, 9.17) is 11.6 Å². The standard InChI is InChI=1S/C8H7ClFNO4S/c9-7-2-1-6(3-4-16(10,14)15)8(5-7)11(12)13/h1-2,5H,3-4H2. The summed E-state index contributed by atoms with van der Waals surface area (Å²) in [7, 11) is -4.63. The molecule has 0 bridgehead atoms. The number of nitro groups is 1. The maximum atomic E-state index is 12.3. The summed E-state index contributed by atoms with van der Waals surface area (Å²) in [6.07, 6.45) is -0.258. The van der Waals surface area contributed by atoms with Gasteiger partial charge in [0.1, 0.15) is 0 Å². The minimum Gasteiger partial charge on any atom is -0.258 e. The highest BCUT2D eigenvalue weighted by atomic mass is 35.5. The zero-order valence-electron chi connectivity index (χ0n) is 7.89. The zero-order chi connectivity index (χ0) is 12.3. The van der Waals surface area contributed by atoms with Crippen molar-refractivity contribution < 1.29 is 17.2 Å². The number of nitrogens with zero attached hydrogens (tertiary/aromatic N) is 1. The quantitative estimate of drug-likeness (QED) is 0.475. The fourth-order valence-corrected chi connectivity index (χ4v) is 1.78. The molecule has 0 aromatic heterocycles. The Balaban J connectivity index is 3.00. The van der Waals surface area contributed by atoms with Crippen molar-refractivity contribution in [2.75, 3.05) is 5.75 Å². The molecule has 0 spiro atoms. The van der Waals surface area contributed by atoms with Crippen LogP contribution >= 0.6 is 11.6 Å². The molecular weight excluding hydrogens is 261 g/mol. The smallest absolute Gasteiger partial charge is 0.258 e. The van der Waals surface area contributed by atoms with Crippen molar-refractivity contribution >= 4 is 27.5 Å². The van der Waals surface area contributed by atoms with Crippen LogP contribution in [-0.4, -0.2) is 19.1 Å². The number of aryl methyl sites for hydroxylation is 1. The van der Waals surface area contributed by atoms with E-state index >= 15 is 0 Å². The molecule has 0 aliphatic rings. The molecule has 0 aliphatic heterocycles. The van der Waals surface area contributed by atoms with Crippen LogP contribution < -0.4 is 0 Å². The monoisotopic (exact) mass is 267 g/mol. The van der Waals surface area contributed by atoms with Gasteiger partial charge >= 0.3 is 10.2 Å². The van der Waals surface area contributed by atoms with Crippen molar-refractivity contribution in [3.8, 4) is 0 Å². The first-order chi connectivity index (χ1) is 7.29. The fraction of sp³-hybridized carbons (Fsp3) is 0.250. The number of benzene rings is 1. The summed E-state index contributed by atoms with van der Waals surface area (Å²) in [5, 5.41) is 10.8. The molecule has 1 rings (SSSR count). The summed E-state index contributed by atoms with van der Waals surface area (Å²) in [6, 6.07) is 3.79. The predicted octanol–water partition coefficient (Wildman–Crippen LogP) is 2.09. The van der Waals surface area contributed by atoms with Gasteiger partial charge in [0.2, 0.25) is 0 Å². The van der Waals surface area contributed by atoms with Crippen LogP contribution in [0.1, 0.15) is 5.56 Å². The summed E-state index contributed by atoms with van der Waals surface area (Å²) in [5.74, 6) is -0.782. The van der Waals surface area contributed by atoms with E-state index in [9.17, 15) is 22.4 Å². The maximum absolute atomic E-state index is 12.3. The number of hydrogen-bond acceptors (Lipinski definition) is 4. The lowest BCUT2D eigenvalue weighted by molar-refractivity contribution is -0.385. The topological polar surface area (TPSA) is 77.3 Å². The number of rotatable bonds is 4. The van der Waals surface area contributed by atoms with E-state index in [1.54, 1.807) is 0 Å². The number of halogens is 2. The Morgan fingerprint density at radius 1 is 1.44 bits per heavy atom. The summed E-state index contributed by atoms with van der Waals surface area (Å²) in [4.78, 5) is 9.91. The van der Waals surface area contributed by atoms with Gasteiger partial charge in [0.05, 0.1) is 10.7 Å². The Morgan fingerprint density at radius 3 is 2.56 bits per heavy atom. The molecule has 0 unspecified atom stereocenters. The van der Waals surface area contributed by atoms with Crippen molar-refractivity contribution in [1.82, 2.24) is 0 Å². The van der Waals surface area contributed by atoms with Gasteiger partial charge in [-0.05, 0) is 12.5 Å². The second kappa shape index (κ2) is 4.75. The summed E-state index contributed by atoms with van der Waals surface area (Å²) >= 11 is 5.55. The van der Waals surface area contributed by atoms with E-state index in [0.717, 1.165) is 6.07 Å². The molecule has 0 aliphatic carbocycles. The van der Waals surface area contributed by atoms with E-state index in [0.29, 0.717) is 0 Å². The SMILES string of the molecule is O=[N+]([O-])c1cc(Cl)ccc1CCS(=O)(=O)F. The van der Waals surface area contributed by atoms with Crippen LogP contribution in [0.5, 0.6) is 0 Å². The molecule has 16 heavy (non-hydrogen) atoms. The predicted molar refractivity (Wildman–Crippen MR) is 56.7 cm³/mol. The van der Waals surface area contributed by atoms with Gasteiger partial charge in [-0.2, -0.15) is 8.42 Å². The largest absolute Gasteiger partial charge is 0.302 e. The van der Waals surface area contributed by atoms with Gasteiger partial charge in [-0.25, -0.2) is 0 Å². The Kier molecular flexibility index (Phi) is 3.82. The van der Waals surface area contributed by atoms with Crippen LogP contribution in [-0.2, 0) is 16.6 Å². The average molecular weight is 268 g/mol. The summed E-state index contributed by atoms with van der Waals surface area (Å²) in [5.41, 5.74) is -0.174. The van der Waals surface area contributed by atoms with E-state index in [1.807, 2.05) is 0 Å². The molecule has 0 heterocycles. The molecule has 0 saturated carbocycles. The summed E-state index contributed by atoms with van der Waals surface area (Å²) < 4.78 is 32.8. The van der Waals surface area contributed by atoms with Crippen molar-refractivity contribution in [3.05, 3.63) is 38.9 Å². The third-order valence-corrected chi connectivity index (χ3v) is 2.79. The first-order valence-corrected chi connectivity index (χ1v) is 6.08. The van der Waals surface area contributed by atoms with E-state index in [-0.39, 0.29) is 22.7 Å². The van der Waals surface area contributed by atoms with Gasteiger partial charge in [-0.1, -0.05) is 17.7 Å². The van der Waals surface area contributed by atoms with Gasteiger partial charge in [0.15, 0.2) is 0 Å². The maximum Gasteiger partial charge on any atom is 0.302 e. The highest BCUT2D eigenvalue weighted by Crippen LogP contribution is 2.23. The molecule has 0 N–H and O–H groups in total. The second-order valence-corrected chi connectivity index (χ2v) is 4.95. The Morgan fingerprint density at radius 2 is 2.06 bits per heavy atom. The van der Waals surface area contributed by atoms with Crippen molar-refractivity contribution in [2.24, 2.45) is 0 Å². The number of nitro benzene ring substituents is 1. The molecule has 1 aromatic rings. The molecular formula is C8H7ClFNO4S. The highest BCUT2D eigenvalue weighted by Gasteiger charge is 2.16. The fourth-order valence-electron chi connectivity index (χ4n) is 1.15. The zero-order valence-corrected chi connectivity index (χ0v) is 9.46. The molecule has 0 saturated heterocycles. The normalized spacial score (nSPS) is 11.4. The lowest BCUT2D eigenvalue weighted by atomic mass is 10.1. The lowest BCUT2D eigenvalue weighted by Crippen LogP contribution is -2.04. The number of hydrogen-bond donors (Lipinski definition) is 0. The Bertz CT molecular complexity index is 517. The molecule has 0 atom stereocenters. The van der Waals surface area contributed by atoms with Crippen LogP contribution in [0.4, 0.5) is 9.57 Å². The highest BCUT2D eigenvalue weighted by molar-refractivity contribution is 7.86. The van der Waals surface area contributed by atoms with Crippen molar-refractivity contribution in [3.63, 3.8) is 0 Å². The third-order valence-electron chi connectivity index (χ3n) is 1.86. The second-order valence-electron chi connectivity index (χ2n) is 3.02. The van der Waals surface area contributed by atoms with Gasteiger partial charge in [-0.15, -0.1) is 3.89 Å². The van der Waals surface area contributed by atoms with E-state index in [1.165, 1.54) is 12.1 Å². The van der Waals surface area contributed by atoms with Gasteiger partial charge in [0.25, 0.3) is 5.69 Å². The average Bonchev–Trinajstić information content (AvgIpc) is 2.14. The molecule has 1 aromatic carbocycles. The third kappa shape index (κ3) is 3.74. The van der Waals surface area contributed by atoms with Crippen molar-refractivity contribution in [2.45, 2.75) is 6.42 Å². The minimum atomic E-state index is -4.63. The van der Waals surface area contributed by atoms with Gasteiger partial charge in [-0.3, -0.25) is 10.1 Å². The Labute approximate surface area is 96.2 Å².